The molecule has 2 unspecified atom stereocenters. The van der Waals surface area contributed by atoms with Gasteiger partial charge in [-0.1, -0.05) is 31.8 Å². The molecular weight excluding hydrogens is 262 g/mol. The van der Waals surface area contributed by atoms with E-state index in [0.717, 1.165) is 25.9 Å². The highest BCUT2D eigenvalue weighted by atomic mass is 32.2. The summed E-state index contributed by atoms with van der Waals surface area (Å²) in [5, 5.41) is 13.0. The highest BCUT2D eigenvalue weighted by molar-refractivity contribution is 8.00. The summed E-state index contributed by atoms with van der Waals surface area (Å²) in [5.74, 6) is 0.146. The fourth-order valence-corrected chi connectivity index (χ4v) is 4.63. The van der Waals surface area contributed by atoms with Crippen LogP contribution in [0.1, 0.15) is 39.5 Å². The van der Waals surface area contributed by atoms with Crippen molar-refractivity contribution in [2.75, 3.05) is 13.1 Å². The molecular formula is C13H23N3O2S. The molecule has 1 saturated heterocycles. The van der Waals surface area contributed by atoms with E-state index in [1.54, 1.807) is 0 Å². The van der Waals surface area contributed by atoms with E-state index in [-0.39, 0.29) is 11.7 Å². The SMILES string of the molecule is CC1CN(C(=O)C2(C(N)=NO)CCCC2)CC(C)S1. The van der Waals surface area contributed by atoms with Gasteiger partial charge in [0.15, 0.2) is 5.84 Å². The number of nitrogens with two attached hydrogens (primary N) is 1. The Morgan fingerprint density at radius 3 is 2.32 bits per heavy atom. The zero-order valence-corrected chi connectivity index (χ0v) is 12.4. The van der Waals surface area contributed by atoms with Crippen molar-refractivity contribution in [2.45, 2.75) is 50.0 Å². The van der Waals surface area contributed by atoms with Crippen LogP contribution in [-0.2, 0) is 4.79 Å². The van der Waals surface area contributed by atoms with Crippen molar-refractivity contribution in [3.63, 3.8) is 0 Å². The maximum atomic E-state index is 12.9. The third-order valence-corrected chi connectivity index (χ3v) is 5.40. The minimum atomic E-state index is -0.754. The molecule has 1 saturated carbocycles. The number of hydrogen-bond donors (Lipinski definition) is 2. The lowest BCUT2D eigenvalue weighted by Crippen LogP contribution is -2.54. The van der Waals surface area contributed by atoms with E-state index in [4.69, 9.17) is 10.9 Å². The molecule has 0 aromatic carbocycles. The average molecular weight is 285 g/mol. The first-order valence-corrected chi connectivity index (χ1v) is 7.86. The molecule has 1 aliphatic carbocycles. The van der Waals surface area contributed by atoms with Crippen molar-refractivity contribution < 1.29 is 10.0 Å². The molecule has 1 heterocycles. The lowest BCUT2D eigenvalue weighted by atomic mass is 9.83. The molecule has 0 aromatic heterocycles. The van der Waals surface area contributed by atoms with Gasteiger partial charge in [-0.05, 0) is 12.8 Å². The van der Waals surface area contributed by atoms with E-state index in [1.807, 2.05) is 16.7 Å². The maximum absolute atomic E-state index is 12.9. The number of rotatable bonds is 2. The van der Waals surface area contributed by atoms with Crippen LogP contribution in [-0.4, -0.2) is 45.4 Å². The minimum Gasteiger partial charge on any atom is -0.409 e. The van der Waals surface area contributed by atoms with E-state index in [1.165, 1.54) is 0 Å². The van der Waals surface area contributed by atoms with Crippen molar-refractivity contribution in [3.8, 4) is 0 Å². The second-order valence-electron chi connectivity index (χ2n) is 5.74. The van der Waals surface area contributed by atoms with Gasteiger partial charge in [-0.25, -0.2) is 0 Å². The molecule has 108 valence electrons. The molecule has 0 radical (unpaired) electrons. The fourth-order valence-electron chi connectivity index (χ4n) is 3.30. The second kappa shape index (κ2) is 5.61. The van der Waals surface area contributed by atoms with Crippen molar-refractivity contribution in [1.29, 1.82) is 0 Å². The Hall–Kier alpha value is -0.910. The van der Waals surface area contributed by atoms with Crippen LogP contribution in [0.3, 0.4) is 0 Å². The molecule has 0 aromatic rings. The molecule has 3 N–H and O–H groups in total. The summed E-state index contributed by atoms with van der Waals surface area (Å²) in [4.78, 5) is 14.8. The lowest BCUT2D eigenvalue weighted by Gasteiger charge is -2.39. The predicted molar refractivity (Wildman–Crippen MR) is 77.4 cm³/mol. The van der Waals surface area contributed by atoms with Crippen molar-refractivity contribution in [3.05, 3.63) is 0 Å². The Balaban J connectivity index is 2.20. The van der Waals surface area contributed by atoms with Gasteiger partial charge in [-0.2, -0.15) is 11.8 Å². The van der Waals surface area contributed by atoms with E-state index in [0.29, 0.717) is 23.3 Å². The Morgan fingerprint density at radius 1 is 1.32 bits per heavy atom. The fraction of sp³-hybridized carbons (Fsp3) is 0.846. The second-order valence-corrected chi connectivity index (χ2v) is 7.62. The summed E-state index contributed by atoms with van der Waals surface area (Å²) in [7, 11) is 0. The van der Waals surface area contributed by atoms with Gasteiger partial charge in [0.1, 0.15) is 5.41 Å². The first kappa shape index (κ1) is 14.5. The van der Waals surface area contributed by atoms with Crippen LogP contribution in [0.5, 0.6) is 0 Å². The van der Waals surface area contributed by atoms with Gasteiger partial charge in [-0.3, -0.25) is 4.79 Å². The number of hydrogen-bond acceptors (Lipinski definition) is 4. The monoisotopic (exact) mass is 285 g/mol. The van der Waals surface area contributed by atoms with Crippen LogP contribution in [0.15, 0.2) is 5.16 Å². The number of carbonyl (C=O) groups excluding carboxylic acids is 1. The van der Waals surface area contributed by atoms with Gasteiger partial charge in [0.25, 0.3) is 0 Å². The number of oxime groups is 1. The smallest absolute Gasteiger partial charge is 0.236 e. The summed E-state index contributed by atoms with van der Waals surface area (Å²) >= 11 is 1.91. The first-order valence-electron chi connectivity index (χ1n) is 6.92. The highest BCUT2D eigenvalue weighted by Gasteiger charge is 2.48. The minimum absolute atomic E-state index is 0.0549. The zero-order chi connectivity index (χ0) is 14.0. The zero-order valence-electron chi connectivity index (χ0n) is 11.6. The van der Waals surface area contributed by atoms with Gasteiger partial charge in [-0.15, -0.1) is 0 Å². The summed E-state index contributed by atoms with van der Waals surface area (Å²) < 4.78 is 0. The number of thioether (sulfide) groups is 1. The number of amidine groups is 1. The molecule has 2 atom stereocenters. The van der Waals surface area contributed by atoms with Crippen molar-refractivity contribution >= 4 is 23.5 Å². The third-order valence-electron chi connectivity index (χ3n) is 4.17. The van der Waals surface area contributed by atoms with Gasteiger partial charge in [0.2, 0.25) is 5.91 Å². The molecule has 2 fully saturated rings. The normalized spacial score (nSPS) is 31.5. The van der Waals surface area contributed by atoms with Crippen LogP contribution in [0.2, 0.25) is 0 Å². The largest absolute Gasteiger partial charge is 0.409 e. The Labute approximate surface area is 118 Å². The Kier molecular flexibility index (Phi) is 4.28. The van der Waals surface area contributed by atoms with Crippen molar-refractivity contribution in [1.82, 2.24) is 4.90 Å². The number of carbonyl (C=O) groups is 1. The van der Waals surface area contributed by atoms with Gasteiger partial charge >= 0.3 is 0 Å². The topological polar surface area (TPSA) is 78.9 Å². The summed E-state index contributed by atoms with van der Waals surface area (Å²) in [6.45, 7) is 5.80. The summed E-state index contributed by atoms with van der Waals surface area (Å²) in [6.07, 6.45) is 3.34. The molecule has 6 heteroatoms. The molecule has 2 aliphatic rings. The van der Waals surface area contributed by atoms with Gasteiger partial charge in [0.05, 0.1) is 0 Å². The summed E-state index contributed by atoms with van der Waals surface area (Å²) in [6, 6.07) is 0. The summed E-state index contributed by atoms with van der Waals surface area (Å²) in [5.41, 5.74) is 5.08. The first-order chi connectivity index (χ1) is 8.99. The molecule has 0 spiro atoms. The van der Waals surface area contributed by atoms with E-state index < -0.39 is 5.41 Å². The van der Waals surface area contributed by atoms with Gasteiger partial charge < -0.3 is 15.8 Å². The van der Waals surface area contributed by atoms with E-state index in [9.17, 15) is 4.79 Å². The molecule has 1 amide bonds. The molecule has 2 rings (SSSR count). The van der Waals surface area contributed by atoms with Crippen LogP contribution in [0.4, 0.5) is 0 Å². The molecule has 1 aliphatic heterocycles. The van der Waals surface area contributed by atoms with Crippen LogP contribution >= 0.6 is 11.8 Å². The number of nitrogens with zero attached hydrogens (tertiary/aromatic N) is 2. The van der Waals surface area contributed by atoms with Crippen molar-refractivity contribution in [2.24, 2.45) is 16.3 Å². The standard InChI is InChI=1S/C13H23N3O2S/c1-9-7-16(8-10(2)19-9)12(17)13(11(14)15-18)5-3-4-6-13/h9-10,18H,3-8H2,1-2H3,(H2,14,15). The Morgan fingerprint density at radius 2 is 1.84 bits per heavy atom. The predicted octanol–water partition coefficient (Wildman–Crippen LogP) is 1.65. The molecule has 5 nitrogen and oxygen atoms in total. The third kappa shape index (κ3) is 2.68. The lowest BCUT2D eigenvalue weighted by molar-refractivity contribution is -0.138. The maximum Gasteiger partial charge on any atom is 0.236 e. The van der Waals surface area contributed by atoms with Crippen LogP contribution in [0, 0.1) is 5.41 Å². The Bertz CT molecular complexity index is 370. The number of amides is 1. The van der Waals surface area contributed by atoms with Crippen LogP contribution < -0.4 is 5.73 Å². The van der Waals surface area contributed by atoms with Crippen LogP contribution in [0.25, 0.3) is 0 Å². The molecule has 0 bridgehead atoms. The van der Waals surface area contributed by atoms with E-state index in [2.05, 4.69) is 19.0 Å². The quantitative estimate of drug-likeness (QED) is 0.350. The highest BCUT2D eigenvalue weighted by Crippen LogP contribution is 2.41. The van der Waals surface area contributed by atoms with Gasteiger partial charge in [0, 0.05) is 23.6 Å². The van der Waals surface area contributed by atoms with E-state index >= 15 is 0 Å². The molecule has 19 heavy (non-hydrogen) atoms. The average Bonchev–Trinajstić information content (AvgIpc) is 2.86.